The van der Waals surface area contributed by atoms with Crippen molar-refractivity contribution in [2.24, 2.45) is 5.92 Å². The summed E-state index contributed by atoms with van der Waals surface area (Å²) >= 11 is 0. The largest absolute Gasteiger partial charge is 0.289 e. The van der Waals surface area contributed by atoms with Gasteiger partial charge in [-0.3, -0.25) is 14.8 Å². The SMILES string of the molecule is CC(C)Cn1nc(NS(=O)(=O)c2ccccc2[N+](=O)[O-])c2cc3ccccc3nc21. The fourth-order valence-corrected chi connectivity index (χ4v) is 4.46. The van der Waals surface area contributed by atoms with Crippen LogP contribution in [0.5, 0.6) is 0 Å². The highest BCUT2D eigenvalue weighted by Gasteiger charge is 2.27. The molecule has 0 spiro atoms. The molecule has 0 aliphatic carbocycles. The summed E-state index contributed by atoms with van der Waals surface area (Å²) in [6.45, 7) is 4.58. The molecular formula is C20H19N5O4S. The zero-order valence-electron chi connectivity index (χ0n) is 16.3. The number of aromatic nitrogens is 3. The Balaban J connectivity index is 1.88. The van der Waals surface area contributed by atoms with Crippen LogP contribution in [0.3, 0.4) is 0 Å². The predicted molar refractivity (Wildman–Crippen MR) is 114 cm³/mol. The third kappa shape index (κ3) is 3.57. The van der Waals surface area contributed by atoms with E-state index in [-0.39, 0.29) is 11.7 Å². The molecule has 2 heterocycles. The van der Waals surface area contributed by atoms with Crippen molar-refractivity contribution in [1.29, 1.82) is 0 Å². The normalized spacial score (nSPS) is 12.0. The molecule has 9 nitrogen and oxygen atoms in total. The van der Waals surface area contributed by atoms with Crippen molar-refractivity contribution in [1.82, 2.24) is 14.8 Å². The van der Waals surface area contributed by atoms with E-state index in [2.05, 4.69) is 14.8 Å². The average molecular weight is 425 g/mol. The van der Waals surface area contributed by atoms with E-state index < -0.39 is 25.5 Å². The molecule has 30 heavy (non-hydrogen) atoms. The Labute approximate surface area is 172 Å². The molecule has 0 amide bonds. The number of para-hydroxylation sites is 2. The summed E-state index contributed by atoms with van der Waals surface area (Å²) in [6.07, 6.45) is 0. The van der Waals surface area contributed by atoms with Crippen LogP contribution in [0.25, 0.3) is 21.9 Å². The molecule has 4 rings (SSSR count). The first-order valence-electron chi connectivity index (χ1n) is 9.29. The number of anilines is 1. The standard InChI is InChI=1S/C20H19N5O4S/c1-13(2)12-24-20-15(11-14-7-3-4-8-16(14)21-20)19(22-24)23-30(28,29)18-10-6-5-9-17(18)25(26)27/h3-11,13H,12H2,1-2H3,(H,22,23). The van der Waals surface area contributed by atoms with E-state index in [1.165, 1.54) is 18.2 Å². The lowest BCUT2D eigenvalue weighted by Crippen LogP contribution is -2.15. The van der Waals surface area contributed by atoms with Crippen LogP contribution in [0, 0.1) is 16.0 Å². The quantitative estimate of drug-likeness (QED) is 0.369. The molecule has 1 N–H and O–H groups in total. The van der Waals surface area contributed by atoms with Crippen LogP contribution in [0.4, 0.5) is 11.5 Å². The predicted octanol–water partition coefficient (Wildman–Crippen LogP) is 3.95. The van der Waals surface area contributed by atoms with Gasteiger partial charge in [-0.15, -0.1) is 0 Å². The minimum atomic E-state index is -4.24. The molecule has 0 aliphatic rings. The summed E-state index contributed by atoms with van der Waals surface area (Å²) in [4.78, 5) is 14.8. The number of pyridine rings is 1. The summed E-state index contributed by atoms with van der Waals surface area (Å²) in [5.41, 5.74) is 0.810. The second kappa shape index (κ2) is 7.38. The van der Waals surface area contributed by atoms with Crippen molar-refractivity contribution in [3.05, 3.63) is 64.7 Å². The topological polar surface area (TPSA) is 120 Å². The number of hydrogen-bond acceptors (Lipinski definition) is 6. The van der Waals surface area contributed by atoms with Crippen LogP contribution < -0.4 is 4.72 Å². The Kier molecular flexibility index (Phi) is 4.86. The lowest BCUT2D eigenvalue weighted by molar-refractivity contribution is -0.387. The molecule has 0 saturated heterocycles. The van der Waals surface area contributed by atoms with E-state index in [0.29, 0.717) is 17.6 Å². The van der Waals surface area contributed by atoms with Crippen molar-refractivity contribution in [3.63, 3.8) is 0 Å². The highest BCUT2D eigenvalue weighted by Crippen LogP contribution is 2.30. The van der Waals surface area contributed by atoms with Crippen molar-refractivity contribution >= 4 is 43.5 Å². The molecule has 2 aromatic carbocycles. The van der Waals surface area contributed by atoms with Gasteiger partial charge in [0.1, 0.15) is 0 Å². The van der Waals surface area contributed by atoms with Gasteiger partial charge < -0.3 is 0 Å². The Morgan fingerprint density at radius 1 is 1.13 bits per heavy atom. The molecule has 4 aromatic rings. The lowest BCUT2D eigenvalue weighted by Gasteiger charge is -2.07. The zero-order chi connectivity index (χ0) is 21.5. The highest BCUT2D eigenvalue weighted by atomic mass is 32.2. The third-order valence-corrected chi connectivity index (χ3v) is 5.93. The maximum atomic E-state index is 13.0. The summed E-state index contributed by atoms with van der Waals surface area (Å²) in [5.74, 6) is 0.336. The van der Waals surface area contributed by atoms with Crippen molar-refractivity contribution in [2.45, 2.75) is 25.3 Å². The maximum absolute atomic E-state index is 13.0. The lowest BCUT2D eigenvalue weighted by atomic mass is 10.2. The van der Waals surface area contributed by atoms with Gasteiger partial charge in [0, 0.05) is 18.0 Å². The number of sulfonamides is 1. The van der Waals surface area contributed by atoms with Crippen LogP contribution >= 0.6 is 0 Å². The molecule has 10 heteroatoms. The van der Waals surface area contributed by atoms with E-state index in [4.69, 9.17) is 0 Å². The van der Waals surface area contributed by atoms with E-state index in [9.17, 15) is 18.5 Å². The smallest absolute Gasteiger partial charge is 0.261 e. The zero-order valence-corrected chi connectivity index (χ0v) is 17.1. The number of nitrogens with zero attached hydrogens (tertiary/aromatic N) is 4. The van der Waals surface area contributed by atoms with Crippen molar-refractivity contribution < 1.29 is 13.3 Å². The highest BCUT2D eigenvalue weighted by molar-refractivity contribution is 7.92. The van der Waals surface area contributed by atoms with E-state index in [0.717, 1.165) is 17.0 Å². The number of nitro benzene ring substituents is 1. The van der Waals surface area contributed by atoms with Gasteiger partial charge in [0.25, 0.3) is 15.7 Å². The van der Waals surface area contributed by atoms with Crippen molar-refractivity contribution in [3.8, 4) is 0 Å². The van der Waals surface area contributed by atoms with Crippen LogP contribution in [-0.4, -0.2) is 28.1 Å². The van der Waals surface area contributed by atoms with Crippen molar-refractivity contribution in [2.75, 3.05) is 4.72 Å². The van der Waals surface area contributed by atoms with Gasteiger partial charge in [-0.25, -0.2) is 18.1 Å². The Morgan fingerprint density at radius 2 is 1.83 bits per heavy atom. The summed E-state index contributed by atoms with van der Waals surface area (Å²) in [6, 6.07) is 14.5. The average Bonchev–Trinajstić information content (AvgIpc) is 3.01. The number of fused-ring (bicyclic) bond motifs is 2. The van der Waals surface area contributed by atoms with Crippen LogP contribution in [-0.2, 0) is 16.6 Å². The second-order valence-electron chi connectivity index (χ2n) is 7.31. The molecule has 0 bridgehead atoms. The fraction of sp³-hybridized carbons (Fsp3) is 0.200. The Hall–Kier alpha value is -3.53. The summed E-state index contributed by atoms with van der Waals surface area (Å²) in [7, 11) is -4.24. The maximum Gasteiger partial charge on any atom is 0.289 e. The first kappa shape index (κ1) is 19.8. The molecule has 0 saturated carbocycles. The van der Waals surface area contributed by atoms with E-state index in [1.807, 2.05) is 44.2 Å². The molecule has 154 valence electrons. The Bertz CT molecular complexity index is 1380. The van der Waals surface area contributed by atoms with Gasteiger partial charge in [-0.05, 0) is 24.1 Å². The molecule has 0 aliphatic heterocycles. The van der Waals surface area contributed by atoms with Gasteiger partial charge in [-0.1, -0.05) is 44.2 Å². The van der Waals surface area contributed by atoms with Crippen LogP contribution in [0.2, 0.25) is 0 Å². The minimum absolute atomic E-state index is 0.0852. The van der Waals surface area contributed by atoms with Gasteiger partial charge in [-0.2, -0.15) is 5.10 Å². The molecule has 0 atom stereocenters. The second-order valence-corrected chi connectivity index (χ2v) is 8.96. The van der Waals surface area contributed by atoms with Gasteiger partial charge in [0.15, 0.2) is 16.4 Å². The van der Waals surface area contributed by atoms with Gasteiger partial charge in [0.2, 0.25) is 0 Å². The Morgan fingerprint density at radius 3 is 2.57 bits per heavy atom. The summed E-state index contributed by atoms with van der Waals surface area (Å²) < 4.78 is 30.0. The monoisotopic (exact) mass is 425 g/mol. The minimum Gasteiger partial charge on any atom is -0.261 e. The third-order valence-electron chi connectivity index (χ3n) is 4.54. The van der Waals surface area contributed by atoms with Crippen LogP contribution in [0.15, 0.2) is 59.5 Å². The number of nitrogens with one attached hydrogen (secondary N) is 1. The van der Waals surface area contributed by atoms with E-state index >= 15 is 0 Å². The molecule has 0 fully saturated rings. The van der Waals surface area contributed by atoms with Crippen LogP contribution in [0.1, 0.15) is 13.8 Å². The first-order valence-corrected chi connectivity index (χ1v) is 10.8. The molecule has 2 aromatic heterocycles. The number of benzene rings is 2. The fourth-order valence-electron chi connectivity index (χ4n) is 3.26. The molecule has 0 radical (unpaired) electrons. The molecule has 0 unspecified atom stereocenters. The summed E-state index contributed by atoms with van der Waals surface area (Å²) in [5, 5.41) is 17.1. The van der Waals surface area contributed by atoms with Gasteiger partial charge in [0.05, 0.1) is 15.8 Å². The molecular weight excluding hydrogens is 406 g/mol. The number of rotatable bonds is 6. The first-order chi connectivity index (χ1) is 14.3. The number of nitro groups is 1. The van der Waals surface area contributed by atoms with E-state index in [1.54, 1.807) is 4.68 Å². The number of hydrogen-bond donors (Lipinski definition) is 1. The van der Waals surface area contributed by atoms with Gasteiger partial charge >= 0.3 is 0 Å².